The molecule has 0 aromatic carbocycles. The van der Waals surface area contributed by atoms with E-state index in [9.17, 15) is 9.59 Å². The van der Waals surface area contributed by atoms with Crippen molar-refractivity contribution < 1.29 is 19.1 Å². The van der Waals surface area contributed by atoms with Crippen LogP contribution in [0.3, 0.4) is 0 Å². The Kier molecular flexibility index (Phi) is 13.9. The zero-order chi connectivity index (χ0) is 17.5. The van der Waals surface area contributed by atoms with Crippen molar-refractivity contribution in [3.63, 3.8) is 0 Å². The number of unbranched alkanes of at least 4 members (excludes halogenated alkanes) is 6. The second-order valence-electron chi connectivity index (χ2n) is 6.63. The number of esters is 2. The highest BCUT2D eigenvalue weighted by atomic mass is 16.5. The van der Waals surface area contributed by atoms with Crippen molar-refractivity contribution in [3.05, 3.63) is 0 Å². The van der Waals surface area contributed by atoms with Gasteiger partial charge in [0.1, 0.15) is 6.10 Å². The van der Waals surface area contributed by atoms with Gasteiger partial charge in [-0.15, -0.1) is 0 Å². The molecule has 0 heterocycles. The predicted molar refractivity (Wildman–Crippen MR) is 93.2 cm³/mol. The summed E-state index contributed by atoms with van der Waals surface area (Å²) in [6.07, 6.45) is 9.44. The largest absolute Gasteiger partial charge is 0.466 e. The first-order chi connectivity index (χ1) is 11.0. The molecule has 0 saturated heterocycles. The monoisotopic (exact) mass is 328 g/mol. The van der Waals surface area contributed by atoms with Crippen LogP contribution in [0.25, 0.3) is 0 Å². The first-order valence-corrected chi connectivity index (χ1v) is 9.32. The van der Waals surface area contributed by atoms with Gasteiger partial charge < -0.3 is 9.47 Å². The van der Waals surface area contributed by atoms with Crippen molar-refractivity contribution in [2.24, 2.45) is 5.92 Å². The highest BCUT2D eigenvalue weighted by Crippen LogP contribution is 2.09. The zero-order valence-electron chi connectivity index (χ0n) is 15.6. The molecule has 0 radical (unpaired) electrons. The minimum absolute atomic E-state index is 0.0771. The highest BCUT2D eigenvalue weighted by Gasteiger charge is 2.13. The van der Waals surface area contributed by atoms with Crippen LogP contribution < -0.4 is 0 Å². The van der Waals surface area contributed by atoms with E-state index in [1.54, 1.807) is 0 Å². The molecule has 0 aromatic rings. The van der Waals surface area contributed by atoms with Gasteiger partial charge in [0, 0.05) is 12.8 Å². The molecule has 136 valence electrons. The molecule has 0 aromatic heterocycles. The van der Waals surface area contributed by atoms with Crippen LogP contribution in [-0.2, 0) is 19.1 Å². The first-order valence-electron chi connectivity index (χ1n) is 9.32. The minimum atomic E-state index is -0.230. The van der Waals surface area contributed by atoms with Crippen LogP contribution in [0.5, 0.6) is 0 Å². The van der Waals surface area contributed by atoms with E-state index in [2.05, 4.69) is 6.92 Å². The van der Waals surface area contributed by atoms with Gasteiger partial charge in [0.25, 0.3) is 0 Å². The van der Waals surface area contributed by atoms with Crippen molar-refractivity contribution in [1.82, 2.24) is 0 Å². The van der Waals surface area contributed by atoms with E-state index in [1.165, 1.54) is 32.1 Å². The highest BCUT2D eigenvalue weighted by molar-refractivity contribution is 5.72. The molecule has 0 saturated carbocycles. The van der Waals surface area contributed by atoms with Gasteiger partial charge in [-0.1, -0.05) is 59.3 Å². The molecule has 0 spiro atoms. The van der Waals surface area contributed by atoms with Crippen LogP contribution in [0.2, 0.25) is 0 Å². The lowest BCUT2D eigenvalue weighted by Crippen LogP contribution is -2.20. The van der Waals surface area contributed by atoms with E-state index in [1.807, 2.05) is 20.8 Å². The number of hydrogen-bond acceptors (Lipinski definition) is 4. The molecule has 4 heteroatoms. The Morgan fingerprint density at radius 2 is 1.35 bits per heavy atom. The summed E-state index contributed by atoms with van der Waals surface area (Å²) >= 11 is 0. The zero-order valence-corrected chi connectivity index (χ0v) is 15.6. The van der Waals surface area contributed by atoms with Crippen molar-refractivity contribution >= 4 is 11.9 Å². The third-order valence-electron chi connectivity index (χ3n) is 4.03. The summed E-state index contributed by atoms with van der Waals surface area (Å²) < 4.78 is 10.4. The Morgan fingerprint density at radius 1 is 0.783 bits per heavy atom. The number of carbonyl (C=O) groups is 2. The SMILES string of the molecule is CCCCCCCCCOC(=O)CCCC(=O)OC(C)C(C)C. The molecule has 0 rings (SSSR count). The summed E-state index contributed by atoms with van der Waals surface area (Å²) in [6, 6.07) is 0. The van der Waals surface area contributed by atoms with Crippen LogP contribution in [0.15, 0.2) is 0 Å². The van der Waals surface area contributed by atoms with Crippen LogP contribution in [0.4, 0.5) is 0 Å². The molecular weight excluding hydrogens is 292 g/mol. The molecule has 4 nitrogen and oxygen atoms in total. The molecule has 0 N–H and O–H groups in total. The van der Waals surface area contributed by atoms with Crippen molar-refractivity contribution in [2.75, 3.05) is 6.61 Å². The lowest BCUT2D eigenvalue weighted by Gasteiger charge is -2.16. The van der Waals surface area contributed by atoms with Gasteiger partial charge in [-0.2, -0.15) is 0 Å². The maximum atomic E-state index is 11.6. The lowest BCUT2D eigenvalue weighted by atomic mass is 10.1. The van der Waals surface area contributed by atoms with E-state index in [4.69, 9.17) is 9.47 Å². The normalized spacial score (nSPS) is 12.2. The van der Waals surface area contributed by atoms with Crippen LogP contribution >= 0.6 is 0 Å². The summed E-state index contributed by atoms with van der Waals surface area (Å²) in [6.45, 7) is 8.63. The fraction of sp³-hybridized carbons (Fsp3) is 0.895. The van der Waals surface area contributed by atoms with Gasteiger partial charge in [-0.3, -0.25) is 9.59 Å². The van der Waals surface area contributed by atoms with E-state index < -0.39 is 0 Å². The van der Waals surface area contributed by atoms with Gasteiger partial charge in [0.2, 0.25) is 0 Å². The molecule has 0 amide bonds. The molecule has 1 atom stereocenters. The number of rotatable bonds is 14. The van der Waals surface area contributed by atoms with E-state index in [0.717, 1.165) is 12.8 Å². The second kappa shape index (κ2) is 14.5. The number of hydrogen-bond donors (Lipinski definition) is 0. The Morgan fingerprint density at radius 3 is 1.96 bits per heavy atom. The van der Waals surface area contributed by atoms with E-state index >= 15 is 0 Å². The number of carbonyl (C=O) groups excluding carboxylic acids is 2. The Labute approximate surface area is 142 Å². The topological polar surface area (TPSA) is 52.6 Å². The summed E-state index contributed by atoms with van der Waals surface area (Å²) in [7, 11) is 0. The molecular formula is C19H36O4. The third-order valence-corrected chi connectivity index (χ3v) is 4.03. The van der Waals surface area contributed by atoms with Gasteiger partial charge in [0.15, 0.2) is 0 Å². The Hall–Kier alpha value is -1.06. The van der Waals surface area contributed by atoms with Gasteiger partial charge >= 0.3 is 11.9 Å². The van der Waals surface area contributed by atoms with E-state index in [0.29, 0.717) is 25.4 Å². The summed E-state index contributed by atoms with van der Waals surface area (Å²) in [5.41, 5.74) is 0. The maximum absolute atomic E-state index is 11.6. The fourth-order valence-electron chi connectivity index (χ4n) is 2.10. The average Bonchev–Trinajstić information content (AvgIpc) is 2.49. The molecule has 23 heavy (non-hydrogen) atoms. The molecule has 1 unspecified atom stereocenters. The standard InChI is InChI=1S/C19H36O4/c1-5-6-7-8-9-10-11-15-22-18(20)13-12-14-19(21)23-17(4)16(2)3/h16-17H,5-15H2,1-4H3. The molecule has 0 aliphatic carbocycles. The fourth-order valence-corrected chi connectivity index (χ4v) is 2.10. The van der Waals surface area contributed by atoms with Crippen LogP contribution in [0.1, 0.15) is 91.9 Å². The average molecular weight is 328 g/mol. The predicted octanol–water partition coefficient (Wildman–Crippen LogP) is 5.04. The quantitative estimate of drug-likeness (QED) is 0.331. The summed E-state index contributed by atoms with van der Waals surface area (Å²) in [4.78, 5) is 23.1. The summed E-state index contributed by atoms with van der Waals surface area (Å²) in [5.74, 6) is -0.127. The molecule has 0 aliphatic rings. The van der Waals surface area contributed by atoms with E-state index in [-0.39, 0.29) is 24.5 Å². The summed E-state index contributed by atoms with van der Waals surface area (Å²) in [5, 5.41) is 0. The smallest absolute Gasteiger partial charge is 0.306 e. The van der Waals surface area contributed by atoms with Crippen LogP contribution in [-0.4, -0.2) is 24.6 Å². The lowest BCUT2D eigenvalue weighted by molar-refractivity contribution is -0.150. The number of ether oxygens (including phenoxy) is 2. The Bertz CT molecular complexity index is 312. The molecule has 0 fully saturated rings. The van der Waals surface area contributed by atoms with Gasteiger partial charge in [0.05, 0.1) is 6.61 Å². The first kappa shape index (κ1) is 21.9. The van der Waals surface area contributed by atoms with Crippen LogP contribution in [0, 0.1) is 5.92 Å². The minimum Gasteiger partial charge on any atom is -0.466 e. The second-order valence-corrected chi connectivity index (χ2v) is 6.63. The van der Waals surface area contributed by atoms with Gasteiger partial charge in [-0.25, -0.2) is 0 Å². The third kappa shape index (κ3) is 14.3. The molecule has 0 bridgehead atoms. The van der Waals surface area contributed by atoms with Crippen molar-refractivity contribution in [2.45, 2.75) is 98.0 Å². The Balaban J connectivity index is 3.45. The maximum Gasteiger partial charge on any atom is 0.306 e. The van der Waals surface area contributed by atoms with Gasteiger partial charge in [-0.05, 0) is 25.7 Å². The van der Waals surface area contributed by atoms with Crippen molar-refractivity contribution in [1.29, 1.82) is 0 Å². The molecule has 0 aliphatic heterocycles. The van der Waals surface area contributed by atoms with Crippen molar-refractivity contribution in [3.8, 4) is 0 Å².